The molecule has 0 saturated carbocycles. The molecule has 0 heteroatoms. The smallest absolute Gasteiger partial charge is 0.0171 e. The monoisotopic (exact) mass is 280 g/mol. The summed E-state index contributed by atoms with van der Waals surface area (Å²) in [6, 6.07) is 21.9. The molecule has 0 unspecified atom stereocenters. The van der Waals surface area contributed by atoms with Gasteiger partial charge in [0.2, 0.25) is 0 Å². The first-order valence-electron chi connectivity index (χ1n) is 7.44. The molecule has 4 rings (SSSR count). The van der Waals surface area contributed by atoms with Gasteiger partial charge in [0.15, 0.2) is 0 Å². The van der Waals surface area contributed by atoms with Crippen LogP contribution >= 0.6 is 0 Å². The number of hydrogen-bond acceptors (Lipinski definition) is 0. The highest BCUT2D eigenvalue weighted by atomic mass is 14.1. The van der Waals surface area contributed by atoms with Gasteiger partial charge in [0.1, 0.15) is 0 Å². The van der Waals surface area contributed by atoms with E-state index in [0.29, 0.717) is 0 Å². The summed E-state index contributed by atoms with van der Waals surface area (Å²) in [5, 5.41) is 7.58. The van der Waals surface area contributed by atoms with Crippen molar-refractivity contribution in [3.05, 3.63) is 84.9 Å². The molecule has 0 aliphatic rings. The van der Waals surface area contributed by atoms with Gasteiger partial charge in [-0.1, -0.05) is 49.6 Å². The van der Waals surface area contributed by atoms with Crippen molar-refractivity contribution >= 4 is 44.5 Å². The maximum atomic E-state index is 3.90. The molecule has 0 spiro atoms. The van der Waals surface area contributed by atoms with E-state index < -0.39 is 0 Å². The third kappa shape index (κ3) is 1.93. The average molecular weight is 280 g/mol. The topological polar surface area (TPSA) is 0 Å². The van der Waals surface area contributed by atoms with Crippen molar-refractivity contribution in [3.63, 3.8) is 0 Å². The molecule has 0 heterocycles. The van der Waals surface area contributed by atoms with Gasteiger partial charge < -0.3 is 0 Å². The fourth-order valence-corrected chi connectivity index (χ4v) is 3.13. The van der Waals surface area contributed by atoms with Gasteiger partial charge in [0, 0.05) is 0 Å². The van der Waals surface area contributed by atoms with Crippen LogP contribution in [0.1, 0.15) is 11.1 Å². The van der Waals surface area contributed by atoms with Crippen LogP contribution in [-0.2, 0) is 0 Å². The standard InChI is InChI=1S/C22H16/c1-3-15-9-19-13-21-11-17-7-5-6-8-18(17)12-22(21)14-20(19)10-16(15)4-2/h3-14H,1-2H2. The second-order valence-corrected chi connectivity index (χ2v) is 5.64. The molecule has 0 saturated heterocycles. The van der Waals surface area contributed by atoms with Crippen molar-refractivity contribution < 1.29 is 0 Å². The molecule has 0 amide bonds. The lowest BCUT2D eigenvalue weighted by Crippen LogP contribution is -1.84. The first-order chi connectivity index (χ1) is 10.8. The molecule has 4 aromatic carbocycles. The first kappa shape index (κ1) is 12.8. The third-order valence-corrected chi connectivity index (χ3v) is 4.30. The van der Waals surface area contributed by atoms with Gasteiger partial charge in [-0.25, -0.2) is 0 Å². The molecule has 104 valence electrons. The Bertz CT molecular complexity index is 966. The van der Waals surface area contributed by atoms with Gasteiger partial charge in [-0.05, 0) is 79.8 Å². The summed E-state index contributed by atoms with van der Waals surface area (Å²) in [5.74, 6) is 0. The van der Waals surface area contributed by atoms with Gasteiger partial charge >= 0.3 is 0 Å². The van der Waals surface area contributed by atoms with Gasteiger partial charge in [-0.2, -0.15) is 0 Å². The molecule has 4 aromatic rings. The summed E-state index contributed by atoms with van der Waals surface area (Å²) in [6.07, 6.45) is 3.78. The minimum absolute atomic E-state index is 1.13. The lowest BCUT2D eigenvalue weighted by atomic mass is 9.96. The Morgan fingerprint density at radius 3 is 1.27 bits per heavy atom. The highest BCUT2D eigenvalue weighted by molar-refractivity contribution is 6.05. The van der Waals surface area contributed by atoms with Crippen LogP contribution in [-0.4, -0.2) is 0 Å². The molecule has 22 heavy (non-hydrogen) atoms. The summed E-state index contributed by atoms with van der Waals surface area (Å²) in [7, 11) is 0. The third-order valence-electron chi connectivity index (χ3n) is 4.30. The van der Waals surface area contributed by atoms with E-state index in [-0.39, 0.29) is 0 Å². The van der Waals surface area contributed by atoms with Crippen LogP contribution in [0.5, 0.6) is 0 Å². The Kier molecular flexibility index (Phi) is 2.83. The van der Waals surface area contributed by atoms with Gasteiger partial charge in [-0.15, -0.1) is 0 Å². The zero-order valence-corrected chi connectivity index (χ0v) is 12.3. The number of hydrogen-bond donors (Lipinski definition) is 0. The number of fused-ring (bicyclic) bond motifs is 3. The van der Waals surface area contributed by atoms with Crippen LogP contribution in [0.15, 0.2) is 73.8 Å². The van der Waals surface area contributed by atoms with E-state index in [1.165, 1.54) is 32.3 Å². The van der Waals surface area contributed by atoms with Crippen molar-refractivity contribution in [2.45, 2.75) is 0 Å². The second-order valence-electron chi connectivity index (χ2n) is 5.64. The Balaban J connectivity index is 2.11. The highest BCUT2D eigenvalue weighted by Crippen LogP contribution is 2.29. The zero-order valence-electron chi connectivity index (χ0n) is 12.3. The van der Waals surface area contributed by atoms with Crippen molar-refractivity contribution in [3.8, 4) is 0 Å². The zero-order chi connectivity index (χ0) is 15.1. The summed E-state index contributed by atoms with van der Waals surface area (Å²) in [4.78, 5) is 0. The Morgan fingerprint density at radius 1 is 0.500 bits per heavy atom. The van der Waals surface area contributed by atoms with E-state index >= 15 is 0 Å². The summed E-state index contributed by atoms with van der Waals surface area (Å²) in [6.45, 7) is 7.80. The van der Waals surface area contributed by atoms with Crippen molar-refractivity contribution in [2.24, 2.45) is 0 Å². The maximum Gasteiger partial charge on any atom is -0.0171 e. The predicted molar refractivity (Wildman–Crippen MR) is 99.1 cm³/mol. The molecule has 0 aliphatic carbocycles. The van der Waals surface area contributed by atoms with Crippen molar-refractivity contribution in [1.82, 2.24) is 0 Å². The van der Waals surface area contributed by atoms with E-state index in [2.05, 4.69) is 73.8 Å². The van der Waals surface area contributed by atoms with Crippen LogP contribution in [0.4, 0.5) is 0 Å². The second kappa shape index (κ2) is 4.85. The predicted octanol–water partition coefficient (Wildman–Crippen LogP) is 6.43. The number of rotatable bonds is 2. The Labute approximate surface area is 130 Å². The SMILES string of the molecule is C=Cc1cc2cc3cc4ccccc4cc3cc2cc1C=C. The van der Waals surface area contributed by atoms with Gasteiger partial charge in [0.25, 0.3) is 0 Å². The molecular weight excluding hydrogens is 264 g/mol. The van der Waals surface area contributed by atoms with Crippen molar-refractivity contribution in [1.29, 1.82) is 0 Å². The van der Waals surface area contributed by atoms with Crippen LogP contribution in [0.3, 0.4) is 0 Å². The molecular formula is C22H16. The minimum atomic E-state index is 1.13. The van der Waals surface area contributed by atoms with Crippen molar-refractivity contribution in [2.75, 3.05) is 0 Å². The summed E-state index contributed by atoms with van der Waals surface area (Å²) >= 11 is 0. The number of benzene rings is 4. The first-order valence-corrected chi connectivity index (χ1v) is 7.44. The molecule has 0 aliphatic heterocycles. The highest BCUT2D eigenvalue weighted by Gasteiger charge is 2.04. The molecule has 0 N–H and O–H groups in total. The fraction of sp³-hybridized carbons (Fsp3) is 0. The van der Waals surface area contributed by atoms with E-state index in [1.807, 2.05) is 12.2 Å². The largest absolute Gasteiger partial charge is 0.0984 e. The lowest BCUT2D eigenvalue weighted by molar-refractivity contribution is 1.68. The minimum Gasteiger partial charge on any atom is -0.0984 e. The Morgan fingerprint density at radius 2 is 0.864 bits per heavy atom. The van der Waals surface area contributed by atoms with E-state index in [1.54, 1.807) is 0 Å². The summed E-state index contributed by atoms with van der Waals surface area (Å²) < 4.78 is 0. The maximum absolute atomic E-state index is 3.90. The quantitative estimate of drug-likeness (QED) is 0.371. The summed E-state index contributed by atoms with van der Waals surface area (Å²) in [5.41, 5.74) is 2.25. The average Bonchev–Trinajstić information content (AvgIpc) is 2.56. The van der Waals surface area contributed by atoms with E-state index in [0.717, 1.165) is 11.1 Å². The molecule has 0 aromatic heterocycles. The van der Waals surface area contributed by atoms with Gasteiger partial charge in [0.05, 0.1) is 0 Å². The molecule has 0 fully saturated rings. The molecule has 0 atom stereocenters. The van der Waals surface area contributed by atoms with Crippen LogP contribution < -0.4 is 0 Å². The molecule has 0 radical (unpaired) electrons. The Hall–Kier alpha value is -2.86. The molecule has 0 bridgehead atoms. The fourth-order valence-electron chi connectivity index (χ4n) is 3.13. The normalized spacial score (nSPS) is 11.1. The van der Waals surface area contributed by atoms with Crippen LogP contribution in [0, 0.1) is 0 Å². The van der Waals surface area contributed by atoms with Crippen LogP contribution in [0.2, 0.25) is 0 Å². The van der Waals surface area contributed by atoms with E-state index in [9.17, 15) is 0 Å². The molecule has 0 nitrogen and oxygen atoms in total. The van der Waals surface area contributed by atoms with E-state index in [4.69, 9.17) is 0 Å². The van der Waals surface area contributed by atoms with Crippen LogP contribution in [0.25, 0.3) is 44.5 Å². The lowest BCUT2D eigenvalue weighted by Gasteiger charge is -2.08. The van der Waals surface area contributed by atoms with Gasteiger partial charge in [-0.3, -0.25) is 0 Å².